The number of likely N-dealkylation sites (N-methyl/N-ethyl adjacent to an activating group) is 1. The van der Waals surface area contributed by atoms with Crippen LogP contribution in [0.2, 0.25) is 0 Å². The Balaban J connectivity index is 2.58. The molecule has 102 valence electrons. The van der Waals surface area contributed by atoms with E-state index in [-0.39, 0.29) is 6.04 Å². The summed E-state index contributed by atoms with van der Waals surface area (Å²) in [5.74, 6) is 0.581. The zero-order valence-corrected chi connectivity index (χ0v) is 12.1. The number of nitrogens with zero attached hydrogens (tertiary/aromatic N) is 1. The predicted molar refractivity (Wildman–Crippen MR) is 78.9 cm³/mol. The molecule has 0 saturated heterocycles. The van der Waals surface area contributed by atoms with Crippen molar-refractivity contribution in [1.29, 1.82) is 0 Å². The smallest absolute Gasteiger partial charge is 0.0444 e. The molecule has 0 radical (unpaired) electrons. The van der Waals surface area contributed by atoms with Gasteiger partial charge in [0, 0.05) is 25.7 Å². The summed E-state index contributed by atoms with van der Waals surface area (Å²) in [5, 5.41) is 3.50. The van der Waals surface area contributed by atoms with Crippen LogP contribution >= 0.6 is 0 Å². The average Bonchev–Trinajstić information content (AvgIpc) is 2.34. The van der Waals surface area contributed by atoms with E-state index in [1.165, 1.54) is 11.1 Å². The SMILES string of the molecule is CC(C)c1ccc(C(CN)NCCN(C)C)cc1. The Bertz CT molecular complexity index is 330. The van der Waals surface area contributed by atoms with Gasteiger partial charge in [0.25, 0.3) is 0 Å². The summed E-state index contributed by atoms with van der Waals surface area (Å²) in [5.41, 5.74) is 8.50. The van der Waals surface area contributed by atoms with Crippen molar-refractivity contribution < 1.29 is 0 Å². The van der Waals surface area contributed by atoms with E-state index >= 15 is 0 Å². The van der Waals surface area contributed by atoms with Crippen LogP contribution in [0.25, 0.3) is 0 Å². The normalized spacial score (nSPS) is 13.3. The molecule has 0 amide bonds. The van der Waals surface area contributed by atoms with Crippen molar-refractivity contribution in [3.63, 3.8) is 0 Å². The molecule has 0 spiro atoms. The molecule has 0 fully saturated rings. The Morgan fingerprint density at radius 1 is 1.11 bits per heavy atom. The summed E-state index contributed by atoms with van der Waals surface area (Å²) in [6.07, 6.45) is 0. The number of benzene rings is 1. The first-order valence-corrected chi connectivity index (χ1v) is 6.72. The predicted octanol–water partition coefficient (Wildman–Crippen LogP) is 1.96. The number of rotatable bonds is 7. The first-order chi connectivity index (χ1) is 8.54. The maximum atomic E-state index is 5.84. The topological polar surface area (TPSA) is 41.3 Å². The van der Waals surface area contributed by atoms with Crippen LogP contribution in [0.5, 0.6) is 0 Å². The van der Waals surface area contributed by atoms with Crippen molar-refractivity contribution in [1.82, 2.24) is 10.2 Å². The van der Waals surface area contributed by atoms with Gasteiger partial charge >= 0.3 is 0 Å². The van der Waals surface area contributed by atoms with Gasteiger partial charge in [-0.15, -0.1) is 0 Å². The lowest BCUT2D eigenvalue weighted by molar-refractivity contribution is 0.385. The minimum absolute atomic E-state index is 0.256. The zero-order chi connectivity index (χ0) is 13.5. The van der Waals surface area contributed by atoms with Crippen LogP contribution in [-0.4, -0.2) is 38.6 Å². The van der Waals surface area contributed by atoms with E-state index in [4.69, 9.17) is 5.73 Å². The van der Waals surface area contributed by atoms with Crippen molar-refractivity contribution >= 4 is 0 Å². The highest BCUT2D eigenvalue weighted by molar-refractivity contribution is 5.27. The first-order valence-electron chi connectivity index (χ1n) is 6.72. The van der Waals surface area contributed by atoms with E-state index in [1.54, 1.807) is 0 Å². The summed E-state index contributed by atoms with van der Waals surface area (Å²) in [6.45, 7) is 7.05. The van der Waals surface area contributed by atoms with Gasteiger partial charge in [0.05, 0.1) is 0 Å². The van der Waals surface area contributed by atoms with Crippen molar-refractivity contribution in [3.05, 3.63) is 35.4 Å². The molecule has 1 unspecified atom stereocenters. The van der Waals surface area contributed by atoms with Gasteiger partial charge in [-0.25, -0.2) is 0 Å². The van der Waals surface area contributed by atoms with Crippen molar-refractivity contribution in [2.24, 2.45) is 5.73 Å². The third kappa shape index (κ3) is 4.77. The monoisotopic (exact) mass is 249 g/mol. The van der Waals surface area contributed by atoms with Gasteiger partial charge in [-0.1, -0.05) is 38.1 Å². The third-order valence-electron chi connectivity index (χ3n) is 3.19. The Kier molecular flexibility index (Phi) is 6.33. The fraction of sp³-hybridized carbons (Fsp3) is 0.600. The molecule has 0 aliphatic carbocycles. The molecule has 3 N–H and O–H groups in total. The molecule has 1 rings (SSSR count). The molecule has 0 aromatic heterocycles. The summed E-state index contributed by atoms with van der Waals surface area (Å²) in [4.78, 5) is 2.17. The maximum Gasteiger partial charge on any atom is 0.0444 e. The number of nitrogens with two attached hydrogens (primary N) is 1. The molecule has 3 nitrogen and oxygen atoms in total. The lowest BCUT2D eigenvalue weighted by Gasteiger charge is -2.19. The van der Waals surface area contributed by atoms with E-state index in [0.29, 0.717) is 12.5 Å². The van der Waals surface area contributed by atoms with Crippen molar-refractivity contribution in [2.45, 2.75) is 25.8 Å². The van der Waals surface area contributed by atoms with Crippen molar-refractivity contribution in [3.8, 4) is 0 Å². The molecule has 0 heterocycles. The molecular formula is C15H27N3. The second kappa shape index (κ2) is 7.52. The van der Waals surface area contributed by atoms with Gasteiger partial charge in [0.1, 0.15) is 0 Å². The molecule has 0 aliphatic rings. The van der Waals surface area contributed by atoms with Gasteiger partial charge in [-0.2, -0.15) is 0 Å². The van der Waals surface area contributed by atoms with Crippen LogP contribution < -0.4 is 11.1 Å². The average molecular weight is 249 g/mol. The highest BCUT2D eigenvalue weighted by Gasteiger charge is 2.09. The van der Waals surface area contributed by atoms with Gasteiger partial charge in [0.2, 0.25) is 0 Å². The zero-order valence-electron chi connectivity index (χ0n) is 12.1. The molecule has 0 bridgehead atoms. The minimum Gasteiger partial charge on any atom is -0.329 e. The van der Waals surface area contributed by atoms with Gasteiger partial charge in [-0.05, 0) is 31.1 Å². The summed E-state index contributed by atoms with van der Waals surface area (Å²) in [7, 11) is 4.16. The molecule has 1 aromatic rings. The van der Waals surface area contributed by atoms with Crippen LogP contribution in [0.1, 0.15) is 36.9 Å². The second-order valence-electron chi connectivity index (χ2n) is 5.37. The van der Waals surface area contributed by atoms with Gasteiger partial charge < -0.3 is 16.0 Å². The number of nitrogens with one attached hydrogen (secondary N) is 1. The Hall–Kier alpha value is -0.900. The van der Waals surface area contributed by atoms with E-state index in [2.05, 4.69) is 62.4 Å². The number of hydrogen-bond donors (Lipinski definition) is 2. The van der Waals surface area contributed by atoms with E-state index in [9.17, 15) is 0 Å². The van der Waals surface area contributed by atoms with E-state index < -0.39 is 0 Å². The van der Waals surface area contributed by atoms with E-state index in [1.807, 2.05) is 0 Å². The maximum absolute atomic E-state index is 5.84. The van der Waals surface area contributed by atoms with E-state index in [0.717, 1.165) is 13.1 Å². The molecule has 0 aliphatic heterocycles. The van der Waals surface area contributed by atoms with Crippen LogP contribution in [0, 0.1) is 0 Å². The second-order valence-corrected chi connectivity index (χ2v) is 5.37. The third-order valence-corrected chi connectivity index (χ3v) is 3.19. The minimum atomic E-state index is 0.256. The fourth-order valence-corrected chi connectivity index (χ4v) is 1.91. The highest BCUT2D eigenvalue weighted by Crippen LogP contribution is 2.18. The molecule has 0 saturated carbocycles. The largest absolute Gasteiger partial charge is 0.329 e. The van der Waals surface area contributed by atoms with Crippen LogP contribution in [0.4, 0.5) is 0 Å². The number of hydrogen-bond acceptors (Lipinski definition) is 3. The lowest BCUT2D eigenvalue weighted by atomic mass is 9.99. The van der Waals surface area contributed by atoms with Gasteiger partial charge in [0.15, 0.2) is 0 Å². The molecular weight excluding hydrogens is 222 g/mol. The molecule has 18 heavy (non-hydrogen) atoms. The van der Waals surface area contributed by atoms with Crippen LogP contribution in [0.15, 0.2) is 24.3 Å². The fourth-order valence-electron chi connectivity index (χ4n) is 1.91. The van der Waals surface area contributed by atoms with Crippen LogP contribution in [-0.2, 0) is 0 Å². The molecule has 3 heteroatoms. The quantitative estimate of drug-likeness (QED) is 0.776. The summed E-state index contributed by atoms with van der Waals surface area (Å²) < 4.78 is 0. The summed E-state index contributed by atoms with van der Waals surface area (Å²) in [6, 6.07) is 9.05. The van der Waals surface area contributed by atoms with Crippen molar-refractivity contribution in [2.75, 3.05) is 33.7 Å². The highest BCUT2D eigenvalue weighted by atomic mass is 15.1. The summed E-state index contributed by atoms with van der Waals surface area (Å²) >= 11 is 0. The van der Waals surface area contributed by atoms with Crippen LogP contribution in [0.3, 0.4) is 0 Å². The first kappa shape index (κ1) is 15.2. The molecule has 1 atom stereocenters. The Morgan fingerprint density at radius 2 is 1.67 bits per heavy atom. The van der Waals surface area contributed by atoms with Gasteiger partial charge in [-0.3, -0.25) is 0 Å². The Morgan fingerprint density at radius 3 is 2.11 bits per heavy atom. The lowest BCUT2D eigenvalue weighted by Crippen LogP contribution is -2.33. The Labute approximate surface area is 111 Å². The standard InChI is InChI=1S/C15H27N3/c1-12(2)13-5-7-14(8-6-13)15(11-16)17-9-10-18(3)4/h5-8,12,15,17H,9-11,16H2,1-4H3. The molecule has 1 aromatic carbocycles.